The van der Waals surface area contributed by atoms with Crippen LogP contribution in [0.25, 0.3) is 0 Å². The lowest BCUT2D eigenvalue weighted by Gasteiger charge is -2.62. The molecular formula is C27H46N2O2. The highest BCUT2D eigenvalue weighted by atomic mass is 16.6. The van der Waals surface area contributed by atoms with E-state index >= 15 is 0 Å². The Morgan fingerprint density at radius 3 is 2.55 bits per heavy atom. The maximum atomic E-state index is 11.6. The van der Waals surface area contributed by atoms with Crippen LogP contribution in [0.4, 0.5) is 0 Å². The summed E-state index contributed by atoms with van der Waals surface area (Å²) < 4.78 is 6.70. The SMILES string of the molecule is C[C@H]1CN[C@H]2[C@@H](C)[C@H]3[C@H](C[C@H]4[C@@H]5CC[C@H]6C[C@@H](N)CC[C@]6(C)[C@H]5CC[C@]34C)O[C@@]2(O)C1. The third-order valence-electron chi connectivity index (χ3n) is 12.1. The first-order valence-corrected chi connectivity index (χ1v) is 13.5. The van der Waals surface area contributed by atoms with Gasteiger partial charge in [0.25, 0.3) is 0 Å². The number of hydrogen-bond donors (Lipinski definition) is 3. The minimum absolute atomic E-state index is 0.0892. The quantitative estimate of drug-likeness (QED) is 0.536. The molecule has 0 unspecified atom stereocenters. The normalized spacial score (nSPS) is 63.3. The standard InChI is InChI=1S/C27H46N2O2/c1-15-13-27(30)24(29-14-15)16(2)23-22(31-27)12-21-19-6-5-17-11-18(28)7-9-25(17,3)20(19)8-10-26(21,23)4/h15-24,29-30H,5-14,28H2,1-4H3/t15-,16+,17+,18+,19-,20+,21+,22+,23+,24+,25+,26+,27+/m1/s1. The minimum atomic E-state index is -0.968. The van der Waals surface area contributed by atoms with Crippen molar-refractivity contribution < 1.29 is 9.84 Å². The van der Waals surface area contributed by atoms with Crippen LogP contribution in [0.5, 0.6) is 0 Å². The fraction of sp³-hybridized carbons (Fsp3) is 1.00. The zero-order chi connectivity index (χ0) is 21.8. The molecule has 2 aliphatic heterocycles. The van der Waals surface area contributed by atoms with E-state index in [0.29, 0.717) is 34.6 Å². The second kappa shape index (κ2) is 6.93. The van der Waals surface area contributed by atoms with E-state index in [1.54, 1.807) is 0 Å². The van der Waals surface area contributed by atoms with E-state index in [2.05, 4.69) is 33.0 Å². The van der Waals surface area contributed by atoms with Crippen molar-refractivity contribution in [1.29, 1.82) is 0 Å². The number of aliphatic hydroxyl groups is 1. The summed E-state index contributed by atoms with van der Waals surface area (Å²) in [6.45, 7) is 10.9. The number of hydrogen-bond acceptors (Lipinski definition) is 4. The van der Waals surface area contributed by atoms with Crippen LogP contribution in [-0.2, 0) is 4.74 Å². The molecule has 6 aliphatic rings. The zero-order valence-electron chi connectivity index (χ0n) is 20.3. The van der Waals surface area contributed by atoms with Crippen LogP contribution in [-0.4, -0.2) is 35.6 Å². The molecule has 0 spiro atoms. The average Bonchev–Trinajstić information content (AvgIpc) is 2.99. The lowest BCUT2D eigenvalue weighted by molar-refractivity contribution is -0.310. The summed E-state index contributed by atoms with van der Waals surface area (Å²) in [5.41, 5.74) is 7.27. The molecule has 0 bridgehead atoms. The monoisotopic (exact) mass is 430 g/mol. The maximum Gasteiger partial charge on any atom is 0.181 e. The molecule has 13 atom stereocenters. The van der Waals surface area contributed by atoms with E-state index in [-0.39, 0.29) is 12.1 Å². The molecule has 0 radical (unpaired) electrons. The first kappa shape index (κ1) is 21.4. The predicted molar refractivity (Wildman–Crippen MR) is 123 cm³/mol. The first-order valence-electron chi connectivity index (χ1n) is 13.5. The van der Waals surface area contributed by atoms with Crippen molar-refractivity contribution in [2.45, 2.75) is 109 Å². The second-order valence-electron chi connectivity index (χ2n) is 13.6. The fourth-order valence-electron chi connectivity index (χ4n) is 10.8. The van der Waals surface area contributed by atoms with Gasteiger partial charge in [0.2, 0.25) is 0 Å². The van der Waals surface area contributed by atoms with Gasteiger partial charge in [-0.05, 0) is 110 Å². The first-order chi connectivity index (χ1) is 14.7. The van der Waals surface area contributed by atoms with Crippen molar-refractivity contribution in [2.75, 3.05) is 6.54 Å². The molecule has 2 heterocycles. The molecule has 4 heteroatoms. The summed E-state index contributed by atoms with van der Waals surface area (Å²) in [5.74, 6) is 3.88. The highest BCUT2D eigenvalue weighted by Crippen LogP contribution is 2.69. The van der Waals surface area contributed by atoms with Crippen molar-refractivity contribution in [3.8, 4) is 0 Å². The molecule has 0 amide bonds. The molecule has 2 saturated heterocycles. The van der Waals surface area contributed by atoms with Gasteiger partial charge in [0.15, 0.2) is 5.79 Å². The predicted octanol–water partition coefficient (Wildman–Crippen LogP) is 4.30. The number of rotatable bonds is 0. The van der Waals surface area contributed by atoms with Crippen LogP contribution >= 0.6 is 0 Å². The van der Waals surface area contributed by atoms with Crippen LogP contribution in [0, 0.1) is 52.3 Å². The summed E-state index contributed by atoms with van der Waals surface area (Å²) >= 11 is 0. The lowest BCUT2D eigenvalue weighted by atomic mass is 9.44. The van der Waals surface area contributed by atoms with Gasteiger partial charge in [0, 0.05) is 12.5 Å². The molecule has 0 aromatic rings. The number of nitrogens with two attached hydrogens (primary N) is 1. The number of ether oxygens (including phenoxy) is 1. The number of piperidine rings is 1. The molecule has 6 fully saturated rings. The molecule has 176 valence electrons. The Hall–Kier alpha value is -0.160. The van der Waals surface area contributed by atoms with Gasteiger partial charge in [-0.2, -0.15) is 0 Å². The van der Waals surface area contributed by atoms with E-state index in [9.17, 15) is 5.11 Å². The minimum Gasteiger partial charge on any atom is -0.364 e. The molecule has 0 aromatic heterocycles. The van der Waals surface area contributed by atoms with Crippen molar-refractivity contribution in [2.24, 2.45) is 58.0 Å². The van der Waals surface area contributed by atoms with Gasteiger partial charge in [-0.1, -0.05) is 27.7 Å². The van der Waals surface area contributed by atoms with Crippen molar-refractivity contribution in [1.82, 2.24) is 5.32 Å². The van der Waals surface area contributed by atoms with E-state index in [0.717, 1.165) is 36.6 Å². The molecule has 4 aliphatic carbocycles. The van der Waals surface area contributed by atoms with Crippen molar-refractivity contribution in [3.63, 3.8) is 0 Å². The van der Waals surface area contributed by atoms with E-state index in [1.807, 2.05) is 0 Å². The van der Waals surface area contributed by atoms with Gasteiger partial charge in [-0.3, -0.25) is 0 Å². The Morgan fingerprint density at radius 2 is 1.74 bits per heavy atom. The summed E-state index contributed by atoms with van der Waals surface area (Å²) in [5, 5.41) is 15.3. The van der Waals surface area contributed by atoms with E-state index in [1.165, 1.54) is 51.4 Å². The van der Waals surface area contributed by atoms with Crippen LogP contribution < -0.4 is 11.1 Å². The summed E-state index contributed by atoms with van der Waals surface area (Å²) in [4.78, 5) is 0. The fourth-order valence-corrected chi connectivity index (χ4v) is 10.8. The Bertz CT molecular complexity index is 730. The van der Waals surface area contributed by atoms with E-state index < -0.39 is 5.79 Å². The molecule has 4 N–H and O–H groups in total. The van der Waals surface area contributed by atoms with Crippen molar-refractivity contribution in [3.05, 3.63) is 0 Å². The van der Waals surface area contributed by atoms with Gasteiger partial charge < -0.3 is 20.9 Å². The molecule has 4 nitrogen and oxygen atoms in total. The zero-order valence-corrected chi connectivity index (χ0v) is 20.3. The number of nitrogens with one attached hydrogen (secondary N) is 1. The highest BCUT2D eigenvalue weighted by molar-refractivity contribution is 5.15. The molecule has 0 aromatic carbocycles. The average molecular weight is 431 g/mol. The topological polar surface area (TPSA) is 67.5 Å². The van der Waals surface area contributed by atoms with Gasteiger partial charge in [0.1, 0.15) is 0 Å². The van der Waals surface area contributed by atoms with Crippen LogP contribution in [0.2, 0.25) is 0 Å². The molecule has 31 heavy (non-hydrogen) atoms. The summed E-state index contributed by atoms with van der Waals surface area (Å²) in [6.07, 6.45) is 11.5. The molecule has 6 rings (SSSR count). The van der Waals surface area contributed by atoms with Gasteiger partial charge in [0.05, 0.1) is 12.1 Å². The Labute approximate surface area is 189 Å². The third kappa shape index (κ3) is 2.87. The highest BCUT2D eigenvalue weighted by Gasteiger charge is 2.67. The van der Waals surface area contributed by atoms with Crippen LogP contribution in [0.1, 0.15) is 85.5 Å². The molecule has 4 saturated carbocycles. The van der Waals surface area contributed by atoms with Crippen molar-refractivity contribution >= 4 is 0 Å². The summed E-state index contributed by atoms with van der Waals surface area (Å²) in [7, 11) is 0. The van der Waals surface area contributed by atoms with Crippen LogP contribution in [0.15, 0.2) is 0 Å². The maximum absolute atomic E-state index is 11.6. The lowest BCUT2D eigenvalue weighted by Crippen LogP contribution is -2.68. The number of fused-ring (bicyclic) bond motifs is 8. The molecular weight excluding hydrogens is 384 g/mol. The second-order valence-corrected chi connectivity index (χ2v) is 13.6. The largest absolute Gasteiger partial charge is 0.364 e. The van der Waals surface area contributed by atoms with Gasteiger partial charge in [-0.15, -0.1) is 0 Å². The van der Waals surface area contributed by atoms with Crippen LogP contribution in [0.3, 0.4) is 0 Å². The Balaban J connectivity index is 1.30. The Kier molecular flexibility index (Phi) is 4.78. The van der Waals surface area contributed by atoms with E-state index in [4.69, 9.17) is 10.5 Å². The smallest absolute Gasteiger partial charge is 0.181 e. The Morgan fingerprint density at radius 1 is 0.968 bits per heavy atom. The third-order valence-corrected chi connectivity index (χ3v) is 12.1. The van der Waals surface area contributed by atoms with Gasteiger partial charge in [-0.25, -0.2) is 0 Å². The van der Waals surface area contributed by atoms with Gasteiger partial charge >= 0.3 is 0 Å². The summed E-state index contributed by atoms with van der Waals surface area (Å²) in [6, 6.07) is 0.525.